The van der Waals surface area contributed by atoms with E-state index in [2.05, 4.69) is 0 Å². The lowest BCUT2D eigenvalue weighted by Crippen LogP contribution is -2.21. The number of aromatic nitrogens is 2. The largest absolute Gasteiger partial charge is 0.399 e. The second-order valence-electron chi connectivity index (χ2n) is 5.55. The number of anilines is 1. The Morgan fingerprint density at radius 3 is 2.38 bits per heavy atom. The molecule has 0 atom stereocenters. The monoisotopic (exact) mass is 313 g/mol. The first kappa shape index (κ1) is 14.2. The molecule has 0 aliphatic rings. The Morgan fingerprint density at radius 1 is 0.833 bits per heavy atom. The van der Waals surface area contributed by atoms with Crippen molar-refractivity contribution >= 4 is 16.6 Å². The van der Waals surface area contributed by atoms with Crippen molar-refractivity contribution < 1.29 is 0 Å². The summed E-state index contributed by atoms with van der Waals surface area (Å²) in [6.07, 6.45) is 0. The van der Waals surface area contributed by atoms with Crippen LogP contribution in [0.15, 0.2) is 83.7 Å². The molecule has 0 saturated heterocycles. The number of rotatable bonds is 2. The van der Waals surface area contributed by atoms with Gasteiger partial charge in [0.05, 0.1) is 16.6 Å². The molecule has 24 heavy (non-hydrogen) atoms. The predicted molar refractivity (Wildman–Crippen MR) is 97.2 cm³/mol. The zero-order valence-corrected chi connectivity index (χ0v) is 12.9. The quantitative estimate of drug-likeness (QED) is 0.575. The van der Waals surface area contributed by atoms with Crippen LogP contribution in [0.2, 0.25) is 0 Å². The molecule has 0 spiro atoms. The van der Waals surface area contributed by atoms with Gasteiger partial charge in [0, 0.05) is 11.3 Å². The van der Waals surface area contributed by atoms with Gasteiger partial charge >= 0.3 is 0 Å². The van der Waals surface area contributed by atoms with E-state index in [-0.39, 0.29) is 5.56 Å². The number of benzene rings is 3. The maximum absolute atomic E-state index is 13.1. The summed E-state index contributed by atoms with van der Waals surface area (Å²) in [6.45, 7) is 0. The third-order valence-corrected chi connectivity index (χ3v) is 3.93. The number of nitrogen functional groups attached to an aromatic ring is 1. The molecule has 0 radical (unpaired) electrons. The van der Waals surface area contributed by atoms with E-state index in [0.717, 1.165) is 11.3 Å². The van der Waals surface area contributed by atoms with Gasteiger partial charge in [0.2, 0.25) is 0 Å². The minimum absolute atomic E-state index is 0.0933. The van der Waals surface area contributed by atoms with Crippen molar-refractivity contribution in [3.8, 4) is 17.1 Å². The summed E-state index contributed by atoms with van der Waals surface area (Å²) in [5, 5.41) is 0.592. The Bertz CT molecular complexity index is 1080. The standard InChI is InChI=1S/C20H15N3O/c21-15-8-6-7-14(13-15)19-22-18-12-5-4-11-17(18)20(24)23(19)16-9-2-1-3-10-16/h1-13H,21H2. The molecule has 0 unspecified atom stereocenters. The Morgan fingerprint density at radius 2 is 1.58 bits per heavy atom. The molecule has 4 heteroatoms. The average Bonchev–Trinajstić information content (AvgIpc) is 2.62. The van der Waals surface area contributed by atoms with E-state index in [0.29, 0.717) is 22.4 Å². The van der Waals surface area contributed by atoms with Crippen LogP contribution in [0.25, 0.3) is 28.0 Å². The van der Waals surface area contributed by atoms with Gasteiger partial charge in [-0.1, -0.05) is 42.5 Å². The summed E-state index contributed by atoms with van der Waals surface area (Å²) in [7, 11) is 0. The summed E-state index contributed by atoms with van der Waals surface area (Å²) in [4.78, 5) is 17.8. The summed E-state index contributed by atoms with van der Waals surface area (Å²) in [6, 6.07) is 24.3. The SMILES string of the molecule is Nc1cccc(-c2nc3ccccc3c(=O)n2-c2ccccc2)c1. The smallest absolute Gasteiger partial charge is 0.266 e. The molecule has 4 rings (SSSR count). The molecule has 0 fully saturated rings. The van der Waals surface area contributed by atoms with Crippen molar-refractivity contribution in [1.82, 2.24) is 9.55 Å². The van der Waals surface area contributed by atoms with Crippen molar-refractivity contribution in [2.45, 2.75) is 0 Å². The molecule has 2 N–H and O–H groups in total. The first-order valence-corrected chi connectivity index (χ1v) is 7.67. The van der Waals surface area contributed by atoms with Crippen LogP contribution in [0.5, 0.6) is 0 Å². The van der Waals surface area contributed by atoms with Crippen LogP contribution in [0, 0.1) is 0 Å². The Labute approximate surface area is 138 Å². The van der Waals surface area contributed by atoms with Crippen LogP contribution >= 0.6 is 0 Å². The Hall–Kier alpha value is -3.40. The van der Waals surface area contributed by atoms with Gasteiger partial charge in [-0.3, -0.25) is 9.36 Å². The Balaban J connectivity index is 2.13. The zero-order chi connectivity index (χ0) is 16.5. The highest BCUT2D eigenvalue weighted by Crippen LogP contribution is 2.23. The van der Waals surface area contributed by atoms with Gasteiger partial charge in [0.25, 0.3) is 5.56 Å². The maximum Gasteiger partial charge on any atom is 0.266 e. The van der Waals surface area contributed by atoms with Gasteiger partial charge < -0.3 is 5.73 Å². The molecule has 0 bridgehead atoms. The third kappa shape index (κ3) is 2.34. The number of para-hydroxylation sites is 2. The van der Waals surface area contributed by atoms with Crippen molar-refractivity contribution in [2.75, 3.05) is 5.73 Å². The predicted octanol–water partition coefficient (Wildman–Crippen LogP) is 3.63. The highest BCUT2D eigenvalue weighted by atomic mass is 16.1. The van der Waals surface area contributed by atoms with Crippen molar-refractivity contribution in [3.05, 3.63) is 89.2 Å². The lowest BCUT2D eigenvalue weighted by molar-refractivity contribution is 0.976. The molecule has 0 saturated carbocycles. The van der Waals surface area contributed by atoms with Crippen LogP contribution in [0.3, 0.4) is 0 Å². The maximum atomic E-state index is 13.1. The van der Waals surface area contributed by atoms with E-state index in [9.17, 15) is 4.79 Å². The molecular formula is C20H15N3O. The topological polar surface area (TPSA) is 60.9 Å². The number of hydrogen-bond donors (Lipinski definition) is 1. The van der Waals surface area contributed by atoms with Gasteiger partial charge in [-0.05, 0) is 36.4 Å². The van der Waals surface area contributed by atoms with Gasteiger partial charge in [0.15, 0.2) is 0 Å². The minimum atomic E-state index is -0.0933. The molecule has 1 aromatic heterocycles. The van der Waals surface area contributed by atoms with Crippen LogP contribution < -0.4 is 11.3 Å². The van der Waals surface area contributed by atoms with Gasteiger partial charge in [-0.15, -0.1) is 0 Å². The van der Waals surface area contributed by atoms with E-state index >= 15 is 0 Å². The van der Waals surface area contributed by atoms with E-state index in [1.165, 1.54) is 0 Å². The summed E-state index contributed by atoms with van der Waals surface area (Å²) in [5.74, 6) is 0.581. The van der Waals surface area contributed by atoms with Crippen molar-refractivity contribution in [2.24, 2.45) is 0 Å². The lowest BCUT2D eigenvalue weighted by atomic mass is 10.1. The summed E-state index contributed by atoms with van der Waals surface area (Å²) >= 11 is 0. The third-order valence-electron chi connectivity index (χ3n) is 3.93. The van der Waals surface area contributed by atoms with E-state index in [4.69, 9.17) is 10.7 Å². The highest BCUT2D eigenvalue weighted by Gasteiger charge is 2.14. The molecule has 0 aliphatic heterocycles. The molecule has 1 heterocycles. The summed E-state index contributed by atoms with van der Waals surface area (Å²) in [5.41, 5.74) is 8.72. The molecular weight excluding hydrogens is 298 g/mol. The van der Waals surface area contributed by atoms with Crippen LogP contribution in [-0.2, 0) is 0 Å². The van der Waals surface area contributed by atoms with Gasteiger partial charge in [0.1, 0.15) is 5.82 Å². The summed E-state index contributed by atoms with van der Waals surface area (Å²) < 4.78 is 1.64. The average molecular weight is 313 g/mol. The van der Waals surface area contributed by atoms with Crippen LogP contribution in [0.1, 0.15) is 0 Å². The molecule has 4 nitrogen and oxygen atoms in total. The fourth-order valence-electron chi connectivity index (χ4n) is 2.82. The van der Waals surface area contributed by atoms with Crippen LogP contribution in [0.4, 0.5) is 5.69 Å². The first-order valence-electron chi connectivity index (χ1n) is 7.67. The van der Waals surface area contributed by atoms with Crippen molar-refractivity contribution in [1.29, 1.82) is 0 Å². The second-order valence-corrected chi connectivity index (χ2v) is 5.55. The normalized spacial score (nSPS) is 10.8. The van der Waals surface area contributed by atoms with Crippen molar-refractivity contribution in [3.63, 3.8) is 0 Å². The zero-order valence-electron chi connectivity index (χ0n) is 12.9. The van der Waals surface area contributed by atoms with Crippen LogP contribution in [-0.4, -0.2) is 9.55 Å². The molecule has 3 aromatic carbocycles. The van der Waals surface area contributed by atoms with Gasteiger partial charge in [-0.2, -0.15) is 0 Å². The number of nitrogens with two attached hydrogens (primary N) is 1. The number of fused-ring (bicyclic) bond motifs is 1. The fourth-order valence-corrected chi connectivity index (χ4v) is 2.82. The fraction of sp³-hybridized carbons (Fsp3) is 0. The van der Waals surface area contributed by atoms with E-state index in [1.54, 1.807) is 10.6 Å². The Kier molecular flexibility index (Phi) is 3.35. The second kappa shape index (κ2) is 5.66. The molecule has 0 amide bonds. The number of hydrogen-bond acceptors (Lipinski definition) is 3. The molecule has 0 aliphatic carbocycles. The minimum Gasteiger partial charge on any atom is -0.399 e. The highest BCUT2D eigenvalue weighted by molar-refractivity contribution is 5.80. The number of nitrogens with zero attached hydrogens (tertiary/aromatic N) is 2. The molecule has 116 valence electrons. The van der Waals surface area contributed by atoms with E-state index < -0.39 is 0 Å². The first-order chi connectivity index (χ1) is 11.7. The van der Waals surface area contributed by atoms with Gasteiger partial charge in [-0.25, -0.2) is 4.98 Å². The lowest BCUT2D eigenvalue weighted by Gasteiger charge is -2.14. The van der Waals surface area contributed by atoms with E-state index in [1.807, 2.05) is 72.8 Å². The molecule has 4 aromatic rings.